The summed E-state index contributed by atoms with van der Waals surface area (Å²) in [5, 5.41) is 2.69. The number of hydrogen-bond acceptors (Lipinski definition) is 4. The van der Waals surface area contributed by atoms with Gasteiger partial charge in [-0.1, -0.05) is 4.47 Å². The quantitative estimate of drug-likeness (QED) is 0.829. The second kappa shape index (κ2) is 4.34. The van der Waals surface area contributed by atoms with Crippen LogP contribution in [0, 0.1) is 0 Å². The third-order valence-corrected chi connectivity index (χ3v) is 4.71. The van der Waals surface area contributed by atoms with Crippen LogP contribution in [-0.4, -0.2) is 33.0 Å². The Labute approximate surface area is 106 Å². The molecule has 1 aliphatic rings. The van der Waals surface area contributed by atoms with Crippen molar-refractivity contribution in [3.63, 3.8) is 0 Å². The van der Waals surface area contributed by atoms with E-state index >= 15 is 0 Å². The lowest BCUT2D eigenvalue weighted by Crippen LogP contribution is -2.25. The Bertz CT molecular complexity index is 597. The molecule has 98 valence electrons. The van der Waals surface area contributed by atoms with E-state index in [0.29, 0.717) is 11.3 Å². The number of benzene rings is 1. The van der Waals surface area contributed by atoms with Crippen molar-refractivity contribution in [3.05, 3.63) is 23.8 Å². The molecule has 0 fully saturated rings. The molecule has 1 heterocycles. The second-order valence-corrected chi connectivity index (χ2v) is 5.99. The molecule has 2 rings (SSSR count). The smallest absolute Gasteiger partial charge is 0.264 e. The standard InChI is InChI=1S/C11H14N2O4S/c1-7-9-6-8(18(15,16)13(2)17-3)4-5-10(9)12-11(7)14/h4-7H,1-3H3,(H,12,14)/t7-/m1/s1. The molecule has 0 spiro atoms. The number of amides is 1. The predicted molar refractivity (Wildman–Crippen MR) is 65.4 cm³/mol. The molecule has 1 aromatic rings. The molecule has 7 heteroatoms. The van der Waals surface area contributed by atoms with Crippen LogP contribution in [0.5, 0.6) is 0 Å². The summed E-state index contributed by atoms with van der Waals surface area (Å²) in [4.78, 5) is 16.3. The molecule has 18 heavy (non-hydrogen) atoms. The highest BCUT2D eigenvalue weighted by Crippen LogP contribution is 2.34. The van der Waals surface area contributed by atoms with E-state index < -0.39 is 10.0 Å². The molecular formula is C11H14N2O4S. The van der Waals surface area contributed by atoms with Crippen molar-refractivity contribution in [1.82, 2.24) is 4.47 Å². The van der Waals surface area contributed by atoms with Gasteiger partial charge in [-0.25, -0.2) is 8.42 Å². The highest BCUT2D eigenvalue weighted by atomic mass is 32.2. The molecule has 0 saturated carbocycles. The van der Waals surface area contributed by atoms with Crippen LogP contribution in [0.3, 0.4) is 0 Å². The van der Waals surface area contributed by atoms with Crippen molar-refractivity contribution >= 4 is 21.6 Å². The van der Waals surface area contributed by atoms with Crippen molar-refractivity contribution < 1.29 is 18.0 Å². The lowest BCUT2D eigenvalue weighted by atomic mass is 10.0. The summed E-state index contributed by atoms with van der Waals surface area (Å²) >= 11 is 0. The lowest BCUT2D eigenvalue weighted by molar-refractivity contribution is -0.116. The van der Waals surface area contributed by atoms with Crippen molar-refractivity contribution in [2.24, 2.45) is 0 Å². The number of carbonyl (C=O) groups excluding carboxylic acids is 1. The average Bonchev–Trinajstić information content (AvgIpc) is 2.63. The van der Waals surface area contributed by atoms with E-state index in [-0.39, 0.29) is 16.7 Å². The van der Waals surface area contributed by atoms with Gasteiger partial charge in [0.05, 0.1) is 17.9 Å². The number of fused-ring (bicyclic) bond motifs is 1. The molecule has 0 bridgehead atoms. The molecule has 1 aliphatic heterocycles. The van der Waals surface area contributed by atoms with Crippen molar-refractivity contribution in [2.75, 3.05) is 19.5 Å². The number of carbonyl (C=O) groups is 1. The molecule has 1 N–H and O–H groups in total. The van der Waals surface area contributed by atoms with Gasteiger partial charge in [0, 0.05) is 12.7 Å². The van der Waals surface area contributed by atoms with Gasteiger partial charge in [0.25, 0.3) is 10.0 Å². The molecule has 0 aromatic heterocycles. The van der Waals surface area contributed by atoms with E-state index in [1.54, 1.807) is 13.0 Å². The summed E-state index contributed by atoms with van der Waals surface area (Å²) in [5.74, 6) is -0.470. The minimum Gasteiger partial charge on any atom is -0.325 e. The fourth-order valence-electron chi connectivity index (χ4n) is 1.80. The zero-order valence-electron chi connectivity index (χ0n) is 10.3. The molecule has 1 aromatic carbocycles. The van der Waals surface area contributed by atoms with E-state index in [2.05, 4.69) is 5.32 Å². The van der Waals surface area contributed by atoms with Crippen LogP contribution in [0.1, 0.15) is 18.4 Å². The first-order valence-corrected chi connectivity index (χ1v) is 6.79. The first-order chi connectivity index (χ1) is 8.37. The second-order valence-electron chi connectivity index (χ2n) is 4.06. The Kier molecular flexibility index (Phi) is 3.14. The van der Waals surface area contributed by atoms with Crippen LogP contribution in [0.2, 0.25) is 0 Å². The Morgan fingerprint density at radius 2 is 2.06 bits per heavy atom. The largest absolute Gasteiger partial charge is 0.325 e. The van der Waals surface area contributed by atoms with Crippen LogP contribution in [-0.2, 0) is 19.7 Å². The first-order valence-electron chi connectivity index (χ1n) is 5.35. The van der Waals surface area contributed by atoms with E-state index in [9.17, 15) is 13.2 Å². The zero-order valence-corrected chi connectivity index (χ0v) is 11.1. The van der Waals surface area contributed by atoms with Crippen LogP contribution in [0.15, 0.2) is 23.1 Å². The van der Waals surface area contributed by atoms with Gasteiger partial charge in [-0.15, -0.1) is 0 Å². The number of nitrogens with zero attached hydrogens (tertiary/aromatic N) is 1. The maximum atomic E-state index is 12.0. The van der Waals surface area contributed by atoms with Crippen molar-refractivity contribution in [2.45, 2.75) is 17.7 Å². The van der Waals surface area contributed by atoms with Crippen molar-refractivity contribution in [1.29, 1.82) is 0 Å². The number of nitrogens with one attached hydrogen (secondary N) is 1. The van der Waals surface area contributed by atoms with Crippen LogP contribution in [0.4, 0.5) is 5.69 Å². The predicted octanol–water partition coefficient (Wildman–Crippen LogP) is 0.924. The molecular weight excluding hydrogens is 256 g/mol. The average molecular weight is 270 g/mol. The van der Waals surface area contributed by atoms with E-state index in [1.165, 1.54) is 26.3 Å². The van der Waals surface area contributed by atoms with Gasteiger partial charge in [0.15, 0.2) is 0 Å². The van der Waals surface area contributed by atoms with Crippen LogP contribution >= 0.6 is 0 Å². The first kappa shape index (κ1) is 13.0. The van der Waals surface area contributed by atoms with Crippen LogP contribution in [0.25, 0.3) is 0 Å². The van der Waals surface area contributed by atoms with Gasteiger partial charge in [-0.2, -0.15) is 0 Å². The summed E-state index contributed by atoms with van der Waals surface area (Å²) < 4.78 is 24.9. The summed E-state index contributed by atoms with van der Waals surface area (Å²) in [5.41, 5.74) is 1.34. The Hall–Kier alpha value is -1.44. The minimum atomic E-state index is -3.68. The van der Waals surface area contributed by atoms with Crippen LogP contribution < -0.4 is 5.32 Å². The van der Waals surface area contributed by atoms with Gasteiger partial charge < -0.3 is 5.32 Å². The number of rotatable bonds is 3. The topological polar surface area (TPSA) is 75.7 Å². The van der Waals surface area contributed by atoms with E-state index in [0.717, 1.165) is 4.47 Å². The highest BCUT2D eigenvalue weighted by Gasteiger charge is 2.29. The third kappa shape index (κ3) is 1.90. The molecule has 0 saturated heterocycles. The summed E-state index contributed by atoms with van der Waals surface area (Å²) in [6.07, 6.45) is 0. The molecule has 1 amide bonds. The van der Waals surface area contributed by atoms with E-state index in [1.807, 2.05) is 0 Å². The third-order valence-electron chi connectivity index (χ3n) is 3.03. The highest BCUT2D eigenvalue weighted by molar-refractivity contribution is 7.89. The number of hydrogen-bond donors (Lipinski definition) is 1. The molecule has 0 radical (unpaired) electrons. The van der Waals surface area contributed by atoms with Crippen molar-refractivity contribution in [3.8, 4) is 0 Å². The molecule has 1 atom stereocenters. The summed E-state index contributed by atoms with van der Waals surface area (Å²) in [6, 6.07) is 4.54. The number of hydroxylamine groups is 1. The molecule has 0 unspecified atom stereocenters. The number of anilines is 1. The summed E-state index contributed by atoms with van der Waals surface area (Å²) in [7, 11) is -1.09. The normalized spacial score (nSPS) is 18.9. The van der Waals surface area contributed by atoms with Gasteiger partial charge >= 0.3 is 0 Å². The minimum absolute atomic E-state index is 0.106. The SMILES string of the molecule is CON(C)S(=O)(=O)c1ccc2c(c1)[C@@H](C)C(=O)N2. The Balaban J connectivity index is 2.49. The zero-order chi connectivity index (χ0) is 13.5. The van der Waals surface area contributed by atoms with Gasteiger partial charge in [0.2, 0.25) is 5.91 Å². The van der Waals surface area contributed by atoms with Gasteiger partial charge in [0.1, 0.15) is 0 Å². The Morgan fingerprint density at radius 3 is 2.67 bits per heavy atom. The van der Waals surface area contributed by atoms with Gasteiger partial charge in [-0.3, -0.25) is 9.63 Å². The maximum Gasteiger partial charge on any atom is 0.264 e. The summed E-state index contributed by atoms with van der Waals surface area (Å²) in [6.45, 7) is 1.73. The fourth-order valence-corrected chi connectivity index (χ4v) is 2.81. The monoisotopic (exact) mass is 270 g/mol. The molecule has 6 nitrogen and oxygen atoms in total. The van der Waals surface area contributed by atoms with Gasteiger partial charge in [-0.05, 0) is 30.7 Å². The Morgan fingerprint density at radius 1 is 1.39 bits per heavy atom. The maximum absolute atomic E-state index is 12.0. The number of sulfonamides is 1. The lowest BCUT2D eigenvalue weighted by Gasteiger charge is -2.14. The fraction of sp³-hybridized carbons (Fsp3) is 0.364. The molecule has 0 aliphatic carbocycles. The van der Waals surface area contributed by atoms with E-state index in [4.69, 9.17) is 4.84 Å².